The quantitative estimate of drug-likeness (QED) is 0.0882. The van der Waals surface area contributed by atoms with Gasteiger partial charge in [-0.15, -0.1) is 0 Å². The Morgan fingerprint density at radius 1 is 0.632 bits per heavy atom. The predicted molar refractivity (Wildman–Crippen MR) is 158 cm³/mol. The van der Waals surface area contributed by atoms with Crippen LogP contribution in [0.3, 0.4) is 0 Å². The zero-order valence-corrected chi connectivity index (χ0v) is 23.4. The smallest absolute Gasteiger partial charge is 0.176 e. The minimum atomic E-state index is -0.952. The van der Waals surface area contributed by atoms with Crippen LogP contribution in [0.15, 0.2) is 91.0 Å². The Bertz CT molecular complexity index is 1020. The first-order valence-electron chi connectivity index (χ1n) is 14.2. The highest BCUT2D eigenvalue weighted by atomic mass is 16.2. The minimum Gasteiger partial charge on any atom is -0.303 e. The molecule has 0 heterocycles. The van der Waals surface area contributed by atoms with E-state index in [1.165, 1.54) is 0 Å². The summed E-state index contributed by atoms with van der Waals surface area (Å²) >= 11 is 0. The SMILES string of the molecule is CCCCC(C=O)c1ccccc1.CCCCCC(CCC)(C(=O)c1ccccc1)C(=O)c1ccccc1. The van der Waals surface area contributed by atoms with Gasteiger partial charge in [0.15, 0.2) is 11.6 Å². The molecule has 3 nitrogen and oxygen atoms in total. The van der Waals surface area contributed by atoms with Gasteiger partial charge in [-0.3, -0.25) is 9.59 Å². The first-order chi connectivity index (χ1) is 18.5. The largest absolute Gasteiger partial charge is 0.303 e. The Kier molecular flexibility index (Phi) is 14.0. The van der Waals surface area contributed by atoms with Crippen LogP contribution in [0.2, 0.25) is 0 Å². The van der Waals surface area contributed by atoms with Gasteiger partial charge in [0.25, 0.3) is 0 Å². The fourth-order valence-electron chi connectivity index (χ4n) is 4.95. The van der Waals surface area contributed by atoms with Gasteiger partial charge in [0.1, 0.15) is 6.29 Å². The van der Waals surface area contributed by atoms with Gasteiger partial charge in [0, 0.05) is 17.0 Å². The highest BCUT2D eigenvalue weighted by Gasteiger charge is 2.44. The molecule has 0 amide bonds. The van der Waals surface area contributed by atoms with Crippen LogP contribution in [0.5, 0.6) is 0 Å². The molecule has 0 aliphatic rings. The van der Waals surface area contributed by atoms with E-state index in [4.69, 9.17) is 0 Å². The van der Waals surface area contributed by atoms with Gasteiger partial charge in [-0.1, -0.05) is 150 Å². The number of carbonyl (C=O) groups excluding carboxylic acids is 3. The van der Waals surface area contributed by atoms with Crippen molar-refractivity contribution in [2.45, 2.75) is 84.5 Å². The summed E-state index contributed by atoms with van der Waals surface area (Å²) in [5.41, 5.74) is 1.46. The maximum absolute atomic E-state index is 13.4. The molecule has 0 bridgehead atoms. The number of hydrogen-bond donors (Lipinski definition) is 0. The number of hydrogen-bond acceptors (Lipinski definition) is 3. The first kappa shape index (κ1) is 30.9. The summed E-state index contributed by atoms with van der Waals surface area (Å²) in [5.74, 6) is 0.0426. The molecule has 3 rings (SSSR count). The highest BCUT2D eigenvalue weighted by molar-refractivity contribution is 6.19. The topological polar surface area (TPSA) is 51.2 Å². The van der Waals surface area contributed by atoms with Crippen LogP contribution >= 0.6 is 0 Å². The van der Waals surface area contributed by atoms with Gasteiger partial charge >= 0.3 is 0 Å². The summed E-state index contributed by atoms with van der Waals surface area (Å²) in [4.78, 5) is 37.7. The average molecular weight is 513 g/mol. The van der Waals surface area contributed by atoms with Crippen LogP contribution < -0.4 is 0 Å². The summed E-state index contributed by atoms with van der Waals surface area (Å²) < 4.78 is 0. The lowest BCUT2D eigenvalue weighted by Crippen LogP contribution is -2.39. The van der Waals surface area contributed by atoms with Crippen molar-refractivity contribution in [1.29, 1.82) is 0 Å². The number of rotatable bonds is 15. The van der Waals surface area contributed by atoms with Gasteiger partial charge in [-0.05, 0) is 24.8 Å². The van der Waals surface area contributed by atoms with E-state index in [9.17, 15) is 14.4 Å². The van der Waals surface area contributed by atoms with E-state index in [0.717, 1.165) is 56.8 Å². The lowest BCUT2D eigenvalue weighted by molar-refractivity contribution is -0.109. The molecule has 3 aromatic carbocycles. The molecular weight excluding hydrogens is 468 g/mol. The Morgan fingerprint density at radius 2 is 1.11 bits per heavy atom. The molecular formula is C35H44O3. The van der Waals surface area contributed by atoms with E-state index in [1.54, 1.807) is 0 Å². The standard InChI is InChI=1S/C23H28O2.C12H16O/c1-3-5-12-18-23(17-4-2,21(24)19-13-8-6-9-14-19)22(25)20-15-10-7-11-16-20;1-2-3-7-12(10-13)11-8-5-4-6-9-11/h6-11,13-16H,3-5,12,17-18H2,1-2H3;4-6,8-10,12H,2-3,7H2,1H3. The van der Waals surface area contributed by atoms with Crippen LogP contribution in [-0.2, 0) is 4.79 Å². The van der Waals surface area contributed by atoms with Gasteiger partial charge in [-0.25, -0.2) is 0 Å². The van der Waals surface area contributed by atoms with Crippen molar-refractivity contribution in [1.82, 2.24) is 0 Å². The first-order valence-corrected chi connectivity index (χ1v) is 14.2. The van der Waals surface area contributed by atoms with Crippen molar-refractivity contribution in [2.24, 2.45) is 5.41 Å². The summed E-state index contributed by atoms with van der Waals surface area (Å²) in [6.45, 7) is 6.33. The number of benzene rings is 3. The van der Waals surface area contributed by atoms with E-state index in [1.807, 2.05) is 97.9 Å². The second kappa shape index (κ2) is 17.2. The monoisotopic (exact) mass is 512 g/mol. The Morgan fingerprint density at radius 3 is 1.53 bits per heavy atom. The molecule has 0 fully saturated rings. The van der Waals surface area contributed by atoms with Crippen molar-refractivity contribution in [3.63, 3.8) is 0 Å². The van der Waals surface area contributed by atoms with Crippen molar-refractivity contribution in [3.8, 4) is 0 Å². The van der Waals surface area contributed by atoms with Crippen LogP contribution in [0.1, 0.15) is 111 Å². The molecule has 1 unspecified atom stereocenters. The lowest BCUT2D eigenvalue weighted by Gasteiger charge is -2.31. The molecule has 0 saturated heterocycles. The fraction of sp³-hybridized carbons (Fsp3) is 0.400. The molecule has 202 valence electrons. The molecule has 38 heavy (non-hydrogen) atoms. The Balaban J connectivity index is 0.000000328. The summed E-state index contributed by atoms with van der Waals surface area (Å²) in [6, 6.07) is 28.5. The van der Waals surface area contributed by atoms with Crippen LogP contribution in [-0.4, -0.2) is 17.9 Å². The molecule has 0 radical (unpaired) electrons. The molecule has 0 aromatic heterocycles. The predicted octanol–water partition coefficient (Wildman–Crippen LogP) is 9.28. The van der Waals surface area contributed by atoms with Gasteiger partial charge in [-0.2, -0.15) is 0 Å². The number of aldehydes is 1. The van der Waals surface area contributed by atoms with Crippen molar-refractivity contribution in [3.05, 3.63) is 108 Å². The number of Topliss-reactive ketones (excluding diaryl/α,β-unsaturated/α-hetero) is 2. The van der Waals surface area contributed by atoms with E-state index < -0.39 is 5.41 Å². The van der Waals surface area contributed by atoms with Gasteiger partial charge < -0.3 is 4.79 Å². The van der Waals surface area contributed by atoms with Crippen molar-refractivity contribution < 1.29 is 14.4 Å². The number of ketones is 2. The highest BCUT2D eigenvalue weighted by Crippen LogP contribution is 2.38. The van der Waals surface area contributed by atoms with E-state index in [-0.39, 0.29) is 17.5 Å². The molecule has 0 saturated carbocycles. The summed E-state index contributed by atoms with van der Waals surface area (Å²) in [5, 5.41) is 0. The maximum atomic E-state index is 13.4. The molecule has 1 atom stereocenters. The third-order valence-corrected chi connectivity index (χ3v) is 7.09. The fourth-order valence-corrected chi connectivity index (χ4v) is 4.95. The molecule has 3 aromatic rings. The zero-order valence-electron chi connectivity index (χ0n) is 23.4. The van der Waals surface area contributed by atoms with E-state index >= 15 is 0 Å². The van der Waals surface area contributed by atoms with E-state index in [0.29, 0.717) is 24.0 Å². The normalized spacial score (nSPS) is 11.7. The Hall–Kier alpha value is -3.33. The molecule has 0 aliphatic heterocycles. The third-order valence-electron chi connectivity index (χ3n) is 7.09. The molecule has 0 N–H and O–H groups in total. The zero-order chi connectivity index (χ0) is 27.6. The summed E-state index contributed by atoms with van der Waals surface area (Å²) in [7, 11) is 0. The van der Waals surface area contributed by atoms with E-state index in [2.05, 4.69) is 13.8 Å². The van der Waals surface area contributed by atoms with Crippen LogP contribution in [0.25, 0.3) is 0 Å². The minimum absolute atomic E-state index is 0.0279. The number of carbonyl (C=O) groups is 3. The molecule has 3 heteroatoms. The lowest BCUT2D eigenvalue weighted by atomic mass is 9.68. The average Bonchev–Trinajstić information content (AvgIpc) is 2.98. The van der Waals surface area contributed by atoms with Gasteiger partial charge in [0.05, 0.1) is 5.41 Å². The van der Waals surface area contributed by atoms with Crippen molar-refractivity contribution in [2.75, 3.05) is 0 Å². The molecule has 0 spiro atoms. The van der Waals surface area contributed by atoms with Crippen LogP contribution in [0, 0.1) is 5.41 Å². The second-order valence-electron chi connectivity index (χ2n) is 9.98. The number of unbranched alkanes of at least 4 members (excludes halogenated alkanes) is 3. The summed E-state index contributed by atoms with van der Waals surface area (Å²) in [6.07, 6.45) is 9.34. The van der Waals surface area contributed by atoms with Crippen molar-refractivity contribution >= 4 is 17.9 Å². The Labute approximate surface area is 229 Å². The second-order valence-corrected chi connectivity index (χ2v) is 9.98. The maximum Gasteiger partial charge on any atom is 0.176 e. The van der Waals surface area contributed by atoms with Gasteiger partial charge in [0.2, 0.25) is 0 Å². The molecule has 0 aliphatic carbocycles. The van der Waals surface area contributed by atoms with Crippen LogP contribution in [0.4, 0.5) is 0 Å². The third kappa shape index (κ3) is 8.90.